The van der Waals surface area contributed by atoms with Crippen LogP contribution in [0.2, 0.25) is 5.02 Å². The van der Waals surface area contributed by atoms with Crippen molar-refractivity contribution in [1.82, 2.24) is 4.31 Å². The minimum absolute atomic E-state index is 0.0630. The third kappa shape index (κ3) is 4.51. The fourth-order valence-electron chi connectivity index (χ4n) is 3.35. The molecule has 0 bridgehead atoms. The number of amides is 1. The fraction of sp³-hybridized carbons (Fsp3) is 0.350. The van der Waals surface area contributed by atoms with Crippen LogP contribution >= 0.6 is 11.6 Å². The van der Waals surface area contributed by atoms with E-state index in [4.69, 9.17) is 11.6 Å². The van der Waals surface area contributed by atoms with E-state index < -0.39 is 10.0 Å². The van der Waals surface area contributed by atoms with E-state index in [0.717, 1.165) is 25.7 Å². The van der Waals surface area contributed by atoms with E-state index in [1.807, 2.05) is 6.92 Å². The van der Waals surface area contributed by atoms with E-state index in [1.165, 1.54) is 0 Å². The van der Waals surface area contributed by atoms with Gasteiger partial charge in [-0.2, -0.15) is 4.31 Å². The number of piperidine rings is 1. The monoisotopic (exact) mass is 406 g/mol. The maximum Gasteiger partial charge on any atom is 0.255 e. The Kier molecular flexibility index (Phi) is 6.19. The third-order valence-corrected chi connectivity index (χ3v) is 7.09. The summed E-state index contributed by atoms with van der Waals surface area (Å²) in [5.41, 5.74) is 1.02. The van der Waals surface area contributed by atoms with Crippen molar-refractivity contribution in [2.75, 3.05) is 11.9 Å². The molecule has 1 unspecified atom stereocenters. The summed E-state index contributed by atoms with van der Waals surface area (Å²) in [5, 5.41) is 3.32. The molecule has 1 aliphatic heterocycles. The highest BCUT2D eigenvalue weighted by Crippen LogP contribution is 2.27. The topological polar surface area (TPSA) is 66.5 Å². The molecule has 1 heterocycles. The molecule has 5 nitrogen and oxygen atoms in total. The maximum absolute atomic E-state index is 13.0. The van der Waals surface area contributed by atoms with Crippen molar-refractivity contribution in [3.05, 3.63) is 59.1 Å². The van der Waals surface area contributed by atoms with Crippen LogP contribution in [0.4, 0.5) is 5.69 Å². The standard InChI is InChI=1S/C20H23ClN2O3S/c1-2-18-5-3-4-14-23(18)27(25,26)19-12-10-17(11-13-19)22-20(24)15-6-8-16(21)9-7-15/h6-13,18H,2-5,14H2,1H3,(H,22,24). The molecule has 27 heavy (non-hydrogen) atoms. The van der Waals surface area contributed by atoms with Crippen molar-refractivity contribution in [2.24, 2.45) is 0 Å². The number of sulfonamides is 1. The number of carbonyl (C=O) groups is 1. The van der Waals surface area contributed by atoms with Crippen LogP contribution in [0.15, 0.2) is 53.4 Å². The van der Waals surface area contributed by atoms with Gasteiger partial charge in [-0.25, -0.2) is 8.42 Å². The Morgan fingerprint density at radius 2 is 1.78 bits per heavy atom. The molecule has 1 N–H and O–H groups in total. The summed E-state index contributed by atoms with van der Waals surface area (Å²) >= 11 is 5.83. The highest BCUT2D eigenvalue weighted by Gasteiger charge is 2.32. The number of halogens is 1. The van der Waals surface area contributed by atoms with Crippen LogP contribution in [0.25, 0.3) is 0 Å². The van der Waals surface area contributed by atoms with E-state index in [1.54, 1.807) is 52.8 Å². The SMILES string of the molecule is CCC1CCCCN1S(=O)(=O)c1ccc(NC(=O)c2ccc(Cl)cc2)cc1. The molecule has 1 amide bonds. The number of hydrogen-bond acceptors (Lipinski definition) is 3. The molecule has 0 spiro atoms. The Hall–Kier alpha value is -1.89. The van der Waals surface area contributed by atoms with E-state index in [0.29, 0.717) is 22.8 Å². The van der Waals surface area contributed by atoms with Gasteiger partial charge in [0.25, 0.3) is 5.91 Å². The highest BCUT2D eigenvalue weighted by atomic mass is 35.5. The number of rotatable bonds is 5. The summed E-state index contributed by atoms with van der Waals surface area (Å²) in [5.74, 6) is -0.274. The van der Waals surface area contributed by atoms with Crippen molar-refractivity contribution in [3.8, 4) is 0 Å². The summed E-state index contributed by atoms with van der Waals surface area (Å²) < 4.78 is 27.6. The van der Waals surface area contributed by atoms with Crippen molar-refractivity contribution < 1.29 is 13.2 Å². The van der Waals surface area contributed by atoms with E-state index in [2.05, 4.69) is 5.32 Å². The minimum atomic E-state index is -3.52. The number of carbonyl (C=O) groups excluding carboxylic acids is 1. The first kappa shape index (κ1) is 19.9. The Bertz CT molecular complexity index is 896. The fourth-order valence-corrected chi connectivity index (χ4v) is 5.24. The Morgan fingerprint density at radius 3 is 2.41 bits per heavy atom. The number of anilines is 1. The molecule has 2 aromatic carbocycles. The van der Waals surface area contributed by atoms with Gasteiger partial charge in [0.1, 0.15) is 0 Å². The molecule has 2 aromatic rings. The van der Waals surface area contributed by atoms with Gasteiger partial charge in [0.2, 0.25) is 10.0 Å². The summed E-state index contributed by atoms with van der Waals surface area (Å²) in [7, 11) is -3.52. The third-order valence-electron chi connectivity index (χ3n) is 4.87. The predicted octanol–water partition coefficient (Wildman–Crippen LogP) is 4.55. The van der Waals surface area contributed by atoms with E-state index in [9.17, 15) is 13.2 Å². The average molecular weight is 407 g/mol. The zero-order chi connectivity index (χ0) is 19.4. The van der Waals surface area contributed by atoms with Crippen LogP contribution < -0.4 is 5.32 Å². The zero-order valence-electron chi connectivity index (χ0n) is 15.2. The molecule has 1 saturated heterocycles. The lowest BCUT2D eigenvalue weighted by Crippen LogP contribution is -2.43. The number of nitrogens with one attached hydrogen (secondary N) is 1. The van der Waals surface area contributed by atoms with Gasteiger partial charge in [0.05, 0.1) is 4.90 Å². The molecular weight excluding hydrogens is 384 g/mol. The first-order valence-electron chi connectivity index (χ1n) is 9.10. The smallest absolute Gasteiger partial charge is 0.255 e. The molecule has 0 saturated carbocycles. The number of nitrogens with zero attached hydrogens (tertiary/aromatic N) is 1. The second-order valence-corrected chi connectivity index (χ2v) is 8.99. The highest BCUT2D eigenvalue weighted by molar-refractivity contribution is 7.89. The van der Waals surface area contributed by atoms with Crippen LogP contribution in [-0.2, 0) is 10.0 Å². The van der Waals surface area contributed by atoms with Crippen LogP contribution in [0.5, 0.6) is 0 Å². The van der Waals surface area contributed by atoms with Crippen molar-refractivity contribution in [2.45, 2.75) is 43.5 Å². The molecular formula is C20H23ClN2O3S. The first-order chi connectivity index (χ1) is 12.9. The Labute approximate surface area is 165 Å². The van der Waals surface area contributed by atoms with Gasteiger partial charge in [-0.05, 0) is 67.8 Å². The lowest BCUT2D eigenvalue weighted by molar-refractivity contribution is 0.102. The van der Waals surface area contributed by atoms with E-state index in [-0.39, 0.29) is 16.8 Å². The predicted molar refractivity (Wildman–Crippen MR) is 108 cm³/mol. The van der Waals surface area contributed by atoms with Gasteiger partial charge in [-0.1, -0.05) is 24.9 Å². The molecule has 3 rings (SSSR count). The summed E-state index contributed by atoms with van der Waals surface area (Å²) in [6.45, 7) is 2.59. The molecule has 0 aromatic heterocycles. The Balaban J connectivity index is 1.74. The van der Waals surface area contributed by atoms with Gasteiger partial charge >= 0.3 is 0 Å². The van der Waals surface area contributed by atoms with Crippen molar-refractivity contribution >= 4 is 33.2 Å². The molecule has 1 aliphatic rings. The largest absolute Gasteiger partial charge is 0.322 e. The Morgan fingerprint density at radius 1 is 1.11 bits per heavy atom. The average Bonchev–Trinajstić information content (AvgIpc) is 2.69. The van der Waals surface area contributed by atoms with E-state index >= 15 is 0 Å². The molecule has 0 radical (unpaired) electrons. The second-order valence-electron chi connectivity index (χ2n) is 6.66. The number of benzene rings is 2. The van der Waals surface area contributed by atoms with Gasteiger partial charge < -0.3 is 5.32 Å². The van der Waals surface area contributed by atoms with Gasteiger partial charge in [0.15, 0.2) is 0 Å². The zero-order valence-corrected chi connectivity index (χ0v) is 16.8. The number of hydrogen-bond donors (Lipinski definition) is 1. The second kappa shape index (κ2) is 8.42. The van der Waals surface area contributed by atoms with Crippen LogP contribution in [0.1, 0.15) is 43.0 Å². The molecule has 1 fully saturated rings. The van der Waals surface area contributed by atoms with Gasteiger partial charge in [-0.3, -0.25) is 4.79 Å². The molecule has 7 heteroatoms. The van der Waals surface area contributed by atoms with Gasteiger partial charge in [-0.15, -0.1) is 0 Å². The van der Waals surface area contributed by atoms with Crippen LogP contribution in [-0.4, -0.2) is 31.2 Å². The quantitative estimate of drug-likeness (QED) is 0.792. The lowest BCUT2D eigenvalue weighted by Gasteiger charge is -2.34. The summed E-state index contributed by atoms with van der Waals surface area (Å²) in [6, 6.07) is 13.0. The van der Waals surface area contributed by atoms with Crippen LogP contribution in [0.3, 0.4) is 0 Å². The minimum Gasteiger partial charge on any atom is -0.322 e. The van der Waals surface area contributed by atoms with Gasteiger partial charge in [0, 0.05) is 28.9 Å². The molecule has 0 aliphatic carbocycles. The normalized spacial score (nSPS) is 18.2. The molecule has 1 atom stereocenters. The van der Waals surface area contributed by atoms with Crippen LogP contribution in [0, 0.1) is 0 Å². The lowest BCUT2D eigenvalue weighted by atomic mass is 10.0. The van der Waals surface area contributed by atoms with Crippen molar-refractivity contribution in [3.63, 3.8) is 0 Å². The summed E-state index contributed by atoms with van der Waals surface area (Å²) in [6.07, 6.45) is 3.69. The van der Waals surface area contributed by atoms with Crippen molar-refractivity contribution in [1.29, 1.82) is 0 Å². The summed E-state index contributed by atoms with van der Waals surface area (Å²) in [4.78, 5) is 12.5. The molecule has 144 valence electrons. The first-order valence-corrected chi connectivity index (χ1v) is 10.9. The maximum atomic E-state index is 13.0.